The lowest BCUT2D eigenvalue weighted by Crippen LogP contribution is -2.39. The molecule has 20 heavy (non-hydrogen) atoms. The molecule has 2 heteroatoms. The van der Waals surface area contributed by atoms with Crippen LogP contribution in [0.3, 0.4) is 0 Å². The molecular formula is C18H20BrN. The molecule has 0 radical (unpaired) electrons. The summed E-state index contributed by atoms with van der Waals surface area (Å²) in [6.07, 6.45) is 3.66. The van der Waals surface area contributed by atoms with Crippen molar-refractivity contribution in [3.8, 4) is 0 Å². The van der Waals surface area contributed by atoms with E-state index >= 15 is 0 Å². The zero-order valence-electron chi connectivity index (χ0n) is 11.8. The zero-order valence-corrected chi connectivity index (χ0v) is 13.4. The SMILES string of the molecule is CNC(Cc1ccc(Br)cc1)C1(c2ccccc2)CC1. The van der Waals surface area contributed by atoms with E-state index in [2.05, 4.69) is 82.9 Å². The van der Waals surface area contributed by atoms with Crippen LogP contribution in [0, 0.1) is 0 Å². The van der Waals surface area contributed by atoms with E-state index in [0.717, 1.165) is 10.9 Å². The van der Waals surface area contributed by atoms with E-state index in [4.69, 9.17) is 0 Å². The molecular weight excluding hydrogens is 310 g/mol. The summed E-state index contributed by atoms with van der Waals surface area (Å²) in [6, 6.07) is 20.2. The molecule has 1 saturated carbocycles. The maximum Gasteiger partial charge on any atom is 0.0201 e. The third-order valence-corrected chi connectivity index (χ3v) is 5.03. The van der Waals surface area contributed by atoms with Gasteiger partial charge in [0.25, 0.3) is 0 Å². The quantitative estimate of drug-likeness (QED) is 0.861. The normalized spacial score (nSPS) is 17.7. The minimum absolute atomic E-state index is 0.336. The number of hydrogen-bond acceptors (Lipinski definition) is 1. The Bertz CT molecular complexity index is 558. The molecule has 1 unspecified atom stereocenters. The number of rotatable bonds is 5. The molecule has 1 fully saturated rings. The smallest absolute Gasteiger partial charge is 0.0201 e. The van der Waals surface area contributed by atoms with Crippen LogP contribution in [0.15, 0.2) is 59.1 Å². The van der Waals surface area contributed by atoms with E-state index in [1.165, 1.54) is 24.0 Å². The largest absolute Gasteiger partial charge is 0.316 e. The Labute approximate surface area is 129 Å². The van der Waals surface area contributed by atoms with Crippen LogP contribution in [0.2, 0.25) is 0 Å². The Balaban J connectivity index is 1.82. The van der Waals surface area contributed by atoms with Gasteiger partial charge < -0.3 is 5.32 Å². The first kappa shape index (κ1) is 13.8. The molecule has 3 rings (SSSR count). The number of likely N-dealkylation sites (N-methyl/N-ethyl adjacent to an activating group) is 1. The summed E-state index contributed by atoms with van der Waals surface area (Å²) < 4.78 is 1.14. The third-order valence-electron chi connectivity index (χ3n) is 4.51. The van der Waals surface area contributed by atoms with Crippen molar-refractivity contribution in [1.82, 2.24) is 5.32 Å². The highest BCUT2D eigenvalue weighted by Gasteiger charge is 2.49. The highest BCUT2D eigenvalue weighted by Crippen LogP contribution is 2.51. The molecule has 1 atom stereocenters. The first-order chi connectivity index (χ1) is 9.74. The Kier molecular flexibility index (Phi) is 3.95. The molecule has 0 aliphatic heterocycles. The van der Waals surface area contributed by atoms with Gasteiger partial charge in [0.15, 0.2) is 0 Å². The van der Waals surface area contributed by atoms with Crippen LogP contribution in [0.4, 0.5) is 0 Å². The van der Waals surface area contributed by atoms with E-state index in [1.807, 2.05) is 0 Å². The van der Waals surface area contributed by atoms with Crippen molar-refractivity contribution in [2.75, 3.05) is 7.05 Å². The van der Waals surface area contributed by atoms with Crippen LogP contribution in [0.1, 0.15) is 24.0 Å². The summed E-state index contributed by atoms with van der Waals surface area (Å²) >= 11 is 3.50. The van der Waals surface area contributed by atoms with Gasteiger partial charge in [0, 0.05) is 15.9 Å². The maximum atomic E-state index is 3.55. The number of halogens is 1. The van der Waals surface area contributed by atoms with Gasteiger partial charge in [-0.2, -0.15) is 0 Å². The second kappa shape index (κ2) is 5.71. The van der Waals surface area contributed by atoms with Gasteiger partial charge in [0.2, 0.25) is 0 Å². The summed E-state index contributed by atoms with van der Waals surface area (Å²) in [7, 11) is 2.09. The van der Waals surface area contributed by atoms with Crippen molar-refractivity contribution in [2.45, 2.75) is 30.7 Å². The molecule has 0 amide bonds. The molecule has 1 aliphatic carbocycles. The van der Waals surface area contributed by atoms with Gasteiger partial charge in [-0.25, -0.2) is 0 Å². The van der Waals surface area contributed by atoms with Crippen LogP contribution in [-0.4, -0.2) is 13.1 Å². The number of nitrogens with one attached hydrogen (secondary N) is 1. The predicted molar refractivity (Wildman–Crippen MR) is 88.0 cm³/mol. The molecule has 0 aromatic heterocycles. The van der Waals surface area contributed by atoms with Gasteiger partial charge >= 0.3 is 0 Å². The molecule has 0 heterocycles. The summed E-state index contributed by atoms with van der Waals surface area (Å²) in [5, 5.41) is 3.55. The van der Waals surface area contributed by atoms with E-state index in [9.17, 15) is 0 Å². The molecule has 0 spiro atoms. The Morgan fingerprint density at radius 1 is 1.05 bits per heavy atom. The summed E-state index contributed by atoms with van der Waals surface area (Å²) in [5.74, 6) is 0. The molecule has 1 aliphatic rings. The molecule has 2 aromatic carbocycles. The fraction of sp³-hybridized carbons (Fsp3) is 0.333. The summed E-state index contributed by atoms with van der Waals surface area (Å²) in [5.41, 5.74) is 3.22. The van der Waals surface area contributed by atoms with Gasteiger partial charge in [0.1, 0.15) is 0 Å². The highest BCUT2D eigenvalue weighted by atomic mass is 79.9. The fourth-order valence-electron chi connectivity index (χ4n) is 3.17. The van der Waals surface area contributed by atoms with E-state index in [-0.39, 0.29) is 0 Å². The maximum absolute atomic E-state index is 3.55. The number of hydrogen-bond donors (Lipinski definition) is 1. The van der Waals surface area contributed by atoms with Crippen molar-refractivity contribution in [3.63, 3.8) is 0 Å². The molecule has 2 aromatic rings. The minimum Gasteiger partial charge on any atom is -0.316 e. The second-order valence-corrected chi connectivity index (χ2v) is 6.61. The molecule has 104 valence electrons. The molecule has 0 saturated heterocycles. The minimum atomic E-state index is 0.336. The predicted octanol–water partition coefficient (Wildman–Crippen LogP) is 4.31. The lowest BCUT2D eigenvalue weighted by Gasteiger charge is -2.27. The van der Waals surface area contributed by atoms with Gasteiger partial charge in [-0.1, -0.05) is 58.4 Å². The van der Waals surface area contributed by atoms with E-state index < -0.39 is 0 Å². The average Bonchev–Trinajstić information content (AvgIpc) is 3.29. The topological polar surface area (TPSA) is 12.0 Å². The van der Waals surface area contributed by atoms with Crippen LogP contribution >= 0.6 is 15.9 Å². The van der Waals surface area contributed by atoms with Crippen molar-refractivity contribution >= 4 is 15.9 Å². The van der Waals surface area contributed by atoms with Gasteiger partial charge in [-0.05, 0) is 49.6 Å². The highest BCUT2D eigenvalue weighted by molar-refractivity contribution is 9.10. The first-order valence-electron chi connectivity index (χ1n) is 7.22. The second-order valence-electron chi connectivity index (χ2n) is 5.69. The average molecular weight is 330 g/mol. The van der Waals surface area contributed by atoms with Crippen molar-refractivity contribution < 1.29 is 0 Å². The van der Waals surface area contributed by atoms with Crippen molar-refractivity contribution in [3.05, 3.63) is 70.2 Å². The zero-order chi connectivity index (χ0) is 14.0. The van der Waals surface area contributed by atoms with Gasteiger partial charge in [-0.3, -0.25) is 0 Å². The van der Waals surface area contributed by atoms with E-state index in [1.54, 1.807) is 0 Å². The summed E-state index contributed by atoms with van der Waals surface area (Å²) in [6.45, 7) is 0. The molecule has 1 nitrogen and oxygen atoms in total. The Morgan fingerprint density at radius 2 is 1.70 bits per heavy atom. The molecule has 0 bridgehead atoms. The van der Waals surface area contributed by atoms with Crippen molar-refractivity contribution in [2.24, 2.45) is 0 Å². The van der Waals surface area contributed by atoms with Crippen LogP contribution in [-0.2, 0) is 11.8 Å². The van der Waals surface area contributed by atoms with E-state index in [0.29, 0.717) is 11.5 Å². The monoisotopic (exact) mass is 329 g/mol. The number of benzene rings is 2. The Morgan fingerprint density at radius 3 is 2.25 bits per heavy atom. The first-order valence-corrected chi connectivity index (χ1v) is 8.01. The molecule has 1 N–H and O–H groups in total. The van der Waals surface area contributed by atoms with Crippen LogP contribution < -0.4 is 5.32 Å². The van der Waals surface area contributed by atoms with Crippen LogP contribution in [0.5, 0.6) is 0 Å². The fourth-order valence-corrected chi connectivity index (χ4v) is 3.44. The third kappa shape index (κ3) is 2.68. The van der Waals surface area contributed by atoms with Gasteiger partial charge in [0.05, 0.1) is 0 Å². The standard InChI is InChI=1S/C18H20BrN/c1-20-17(13-14-7-9-16(19)10-8-14)18(11-12-18)15-5-3-2-4-6-15/h2-10,17,20H,11-13H2,1H3. The lowest BCUT2D eigenvalue weighted by atomic mass is 9.84. The Hall–Kier alpha value is -1.12. The lowest BCUT2D eigenvalue weighted by molar-refractivity contribution is 0.442. The summed E-state index contributed by atoms with van der Waals surface area (Å²) in [4.78, 5) is 0. The van der Waals surface area contributed by atoms with Crippen LogP contribution in [0.25, 0.3) is 0 Å². The van der Waals surface area contributed by atoms with Crippen molar-refractivity contribution in [1.29, 1.82) is 0 Å². The van der Waals surface area contributed by atoms with Gasteiger partial charge in [-0.15, -0.1) is 0 Å².